The number of hydrogen-bond acceptors (Lipinski definition) is 2. The number of carbonyl (C=O) groups is 1. The first-order chi connectivity index (χ1) is 8.15. The van der Waals surface area contributed by atoms with Crippen molar-refractivity contribution in [3.8, 4) is 0 Å². The minimum absolute atomic E-state index is 0.177. The Hall–Kier alpha value is -0.570. The zero-order valence-corrected chi connectivity index (χ0v) is 10.8. The molecule has 1 amide bonds. The first-order valence-corrected chi connectivity index (χ1v) is 7.05. The van der Waals surface area contributed by atoms with Crippen molar-refractivity contribution in [3.05, 3.63) is 0 Å². The first-order valence-electron chi connectivity index (χ1n) is 7.05. The summed E-state index contributed by atoms with van der Waals surface area (Å²) in [5.41, 5.74) is -0.0691. The van der Waals surface area contributed by atoms with E-state index in [9.17, 15) is 4.79 Å². The molecule has 3 nitrogen and oxygen atoms in total. The Kier molecular flexibility index (Phi) is 2.69. The van der Waals surface area contributed by atoms with Crippen LogP contribution < -0.4 is 5.32 Å². The van der Waals surface area contributed by atoms with Gasteiger partial charge in [0.1, 0.15) is 0 Å². The standard InChI is InChI=1S/C14H23NO2/c1-13(9-17-10-13)12(16)15-14(7-8-14)11-5-3-2-4-6-11/h11H,2-10H2,1H3,(H,15,16). The molecule has 3 aliphatic rings. The Morgan fingerprint density at radius 1 is 1.18 bits per heavy atom. The Bertz CT molecular complexity index is 312. The van der Waals surface area contributed by atoms with Gasteiger partial charge in [-0.25, -0.2) is 0 Å². The molecule has 1 N–H and O–H groups in total. The van der Waals surface area contributed by atoms with E-state index in [4.69, 9.17) is 4.74 Å². The second kappa shape index (κ2) is 3.98. The summed E-state index contributed by atoms with van der Waals surface area (Å²) >= 11 is 0. The van der Waals surface area contributed by atoms with Crippen LogP contribution in [0.5, 0.6) is 0 Å². The highest BCUT2D eigenvalue weighted by Crippen LogP contribution is 2.48. The molecule has 0 aromatic rings. The average molecular weight is 237 g/mol. The van der Waals surface area contributed by atoms with E-state index in [0.29, 0.717) is 13.2 Å². The van der Waals surface area contributed by atoms with E-state index < -0.39 is 0 Å². The number of hydrogen-bond donors (Lipinski definition) is 1. The largest absolute Gasteiger partial charge is 0.379 e. The van der Waals surface area contributed by atoms with E-state index in [1.807, 2.05) is 6.92 Å². The summed E-state index contributed by atoms with van der Waals surface area (Å²) in [5, 5.41) is 3.36. The van der Waals surface area contributed by atoms with Crippen molar-refractivity contribution in [2.24, 2.45) is 11.3 Å². The minimum Gasteiger partial charge on any atom is -0.379 e. The highest BCUT2D eigenvalue weighted by molar-refractivity contribution is 5.84. The van der Waals surface area contributed by atoms with Crippen LogP contribution in [0.25, 0.3) is 0 Å². The molecule has 17 heavy (non-hydrogen) atoms. The highest BCUT2D eigenvalue weighted by atomic mass is 16.5. The van der Waals surface area contributed by atoms with E-state index in [-0.39, 0.29) is 16.9 Å². The van der Waals surface area contributed by atoms with Crippen LogP contribution in [-0.2, 0) is 9.53 Å². The van der Waals surface area contributed by atoms with Gasteiger partial charge in [0.05, 0.1) is 18.6 Å². The smallest absolute Gasteiger partial charge is 0.231 e. The summed E-state index contributed by atoms with van der Waals surface area (Å²) in [6, 6.07) is 0. The Balaban J connectivity index is 1.61. The lowest BCUT2D eigenvalue weighted by Gasteiger charge is -2.39. The second-order valence-corrected chi connectivity index (χ2v) is 6.50. The molecule has 3 fully saturated rings. The molecule has 2 aliphatic carbocycles. The highest BCUT2D eigenvalue weighted by Gasteiger charge is 2.53. The molecule has 0 radical (unpaired) electrons. The molecule has 0 atom stereocenters. The number of amides is 1. The van der Waals surface area contributed by atoms with E-state index in [2.05, 4.69) is 5.32 Å². The molecule has 3 heteroatoms. The topological polar surface area (TPSA) is 38.3 Å². The van der Waals surface area contributed by atoms with Crippen LogP contribution in [0, 0.1) is 11.3 Å². The molecule has 2 saturated carbocycles. The lowest BCUT2D eigenvalue weighted by molar-refractivity contribution is -0.159. The molecular formula is C14H23NO2. The number of rotatable bonds is 3. The maximum Gasteiger partial charge on any atom is 0.231 e. The van der Waals surface area contributed by atoms with Crippen LogP contribution in [0.3, 0.4) is 0 Å². The first kappa shape index (κ1) is 11.5. The lowest BCUT2D eigenvalue weighted by Crippen LogP contribution is -2.56. The van der Waals surface area contributed by atoms with Crippen LogP contribution in [-0.4, -0.2) is 24.7 Å². The third-order valence-corrected chi connectivity index (χ3v) is 4.93. The molecule has 1 heterocycles. The molecule has 3 rings (SSSR count). The van der Waals surface area contributed by atoms with Gasteiger partial charge in [-0.3, -0.25) is 4.79 Å². The Labute approximate surface area is 103 Å². The van der Waals surface area contributed by atoms with Gasteiger partial charge in [0.25, 0.3) is 0 Å². The van der Waals surface area contributed by atoms with Gasteiger partial charge in [0.2, 0.25) is 5.91 Å². The van der Waals surface area contributed by atoms with Gasteiger partial charge in [-0.15, -0.1) is 0 Å². The van der Waals surface area contributed by atoms with Gasteiger partial charge in [-0.1, -0.05) is 19.3 Å². The van der Waals surface area contributed by atoms with Gasteiger partial charge in [0.15, 0.2) is 0 Å². The molecular weight excluding hydrogens is 214 g/mol. The van der Waals surface area contributed by atoms with Crippen LogP contribution in [0.1, 0.15) is 51.9 Å². The third kappa shape index (κ3) is 1.99. The summed E-state index contributed by atoms with van der Waals surface area (Å²) in [6.07, 6.45) is 9.10. The van der Waals surface area contributed by atoms with Crippen LogP contribution in [0.2, 0.25) is 0 Å². The quantitative estimate of drug-likeness (QED) is 0.817. The third-order valence-electron chi connectivity index (χ3n) is 4.93. The van der Waals surface area contributed by atoms with Crippen molar-refractivity contribution in [1.29, 1.82) is 0 Å². The van der Waals surface area contributed by atoms with Gasteiger partial charge in [-0.2, -0.15) is 0 Å². The SMILES string of the molecule is CC1(C(=O)NC2(C3CCCCC3)CC2)COC1. The second-order valence-electron chi connectivity index (χ2n) is 6.50. The molecule has 0 aromatic carbocycles. The molecule has 0 unspecified atom stereocenters. The van der Waals surface area contributed by atoms with Gasteiger partial charge in [-0.05, 0) is 38.5 Å². The summed E-state index contributed by atoms with van der Waals surface area (Å²) in [5.74, 6) is 0.969. The Morgan fingerprint density at radius 3 is 2.29 bits per heavy atom. The van der Waals surface area contributed by atoms with Crippen LogP contribution in [0.15, 0.2) is 0 Å². The average Bonchev–Trinajstić information content (AvgIpc) is 3.08. The zero-order chi connectivity index (χ0) is 11.9. The summed E-state index contributed by atoms with van der Waals surface area (Å²) in [6.45, 7) is 3.21. The Morgan fingerprint density at radius 2 is 1.82 bits per heavy atom. The molecule has 1 aliphatic heterocycles. The van der Waals surface area contributed by atoms with Gasteiger partial charge >= 0.3 is 0 Å². The maximum atomic E-state index is 12.3. The number of ether oxygens (including phenoxy) is 1. The predicted octanol–water partition coefficient (Wildman–Crippen LogP) is 2.25. The zero-order valence-electron chi connectivity index (χ0n) is 10.8. The van der Waals surface area contributed by atoms with Crippen LogP contribution >= 0.6 is 0 Å². The van der Waals surface area contributed by atoms with E-state index in [1.54, 1.807) is 0 Å². The van der Waals surface area contributed by atoms with Crippen molar-refractivity contribution in [1.82, 2.24) is 5.32 Å². The van der Waals surface area contributed by atoms with Gasteiger partial charge < -0.3 is 10.1 Å². The monoisotopic (exact) mass is 237 g/mol. The van der Waals surface area contributed by atoms with E-state index in [0.717, 1.165) is 5.92 Å². The van der Waals surface area contributed by atoms with E-state index in [1.165, 1.54) is 44.9 Å². The number of nitrogens with one attached hydrogen (secondary N) is 1. The predicted molar refractivity (Wildman–Crippen MR) is 65.6 cm³/mol. The molecule has 0 bridgehead atoms. The van der Waals surface area contributed by atoms with Crippen LogP contribution in [0.4, 0.5) is 0 Å². The van der Waals surface area contributed by atoms with E-state index >= 15 is 0 Å². The fourth-order valence-electron chi connectivity index (χ4n) is 3.34. The molecule has 0 aromatic heterocycles. The molecule has 1 saturated heterocycles. The fourth-order valence-corrected chi connectivity index (χ4v) is 3.34. The minimum atomic E-state index is -0.246. The molecule has 96 valence electrons. The van der Waals surface area contributed by atoms with Crippen molar-refractivity contribution < 1.29 is 9.53 Å². The van der Waals surface area contributed by atoms with Gasteiger partial charge in [0, 0.05) is 5.54 Å². The summed E-state index contributed by atoms with van der Waals surface area (Å²) < 4.78 is 5.18. The normalized spacial score (nSPS) is 30.4. The van der Waals surface area contributed by atoms with Crippen molar-refractivity contribution in [2.75, 3.05) is 13.2 Å². The van der Waals surface area contributed by atoms with Crippen molar-refractivity contribution >= 4 is 5.91 Å². The van der Waals surface area contributed by atoms with Crippen molar-refractivity contribution in [2.45, 2.75) is 57.4 Å². The fraction of sp³-hybridized carbons (Fsp3) is 0.929. The number of carbonyl (C=O) groups excluding carboxylic acids is 1. The summed E-state index contributed by atoms with van der Waals surface area (Å²) in [7, 11) is 0. The molecule has 0 spiro atoms. The maximum absolute atomic E-state index is 12.3. The summed E-state index contributed by atoms with van der Waals surface area (Å²) in [4.78, 5) is 12.3. The van der Waals surface area contributed by atoms with Crippen molar-refractivity contribution in [3.63, 3.8) is 0 Å². The lowest BCUT2D eigenvalue weighted by atomic mass is 9.80.